The highest BCUT2D eigenvalue weighted by Crippen LogP contribution is 2.27. The molecule has 0 unspecified atom stereocenters. The van der Waals surface area contributed by atoms with E-state index in [0.29, 0.717) is 21.4 Å². The second kappa shape index (κ2) is 4.68. The van der Waals surface area contributed by atoms with Crippen molar-refractivity contribution in [2.24, 2.45) is 0 Å². The van der Waals surface area contributed by atoms with Crippen LogP contribution in [0.2, 0.25) is 0 Å². The van der Waals surface area contributed by atoms with E-state index in [4.69, 9.17) is 19.5 Å². The summed E-state index contributed by atoms with van der Waals surface area (Å²) in [6.45, 7) is 0. The number of ether oxygens (including phenoxy) is 2. The second-order valence-electron chi connectivity index (χ2n) is 2.61. The molecule has 0 amide bonds. The predicted molar refractivity (Wildman–Crippen MR) is 57.1 cm³/mol. The van der Waals surface area contributed by atoms with E-state index in [2.05, 4.69) is 15.9 Å². The third kappa shape index (κ3) is 2.20. The second-order valence-corrected chi connectivity index (χ2v) is 3.40. The van der Waals surface area contributed by atoms with Crippen LogP contribution in [0, 0.1) is 0 Å². The fourth-order valence-corrected chi connectivity index (χ4v) is 1.64. The summed E-state index contributed by atoms with van der Waals surface area (Å²) in [4.78, 5) is 0. The van der Waals surface area contributed by atoms with E-state index in [1.54, 1.807) is 6.07 Å². The molecule has 1 aromatic rings. The summed E-state index contributed by atoms with van der Waals surface area (Å²) in [5, 5.41) is 18.1. The first-order valence-corrected chi connectivity index (χ1v) is 4.67. The van der Waals surface area contributed by atoms with Crippen molar-refractivity contribution in [3.05, 3.63) is 16.6 Å². The molecule has 0 aliphatic heterocycles. The van der Waals surface area contributed by atoms with E-state index >= 15 is 0 Å². The first kappa shape index (κ1) is 11.4. The van der Waals surface area contributed by atoms with Gasteiger partial charge in [0.05, 0.1) is 18.7 Å². The molecule has 14 heavy (non-hydrogen) atoms. The van der Waals surface area contributed by atoms with Gasteiger partial charge in [-0.1, -0.05) is 0 Å². The van der Waals surface area contributed by atoms with Gasteiger partial charge in [0.15, 0.2) is 0 Å². The Bertz CT molecular complexity index is 329. The van der Waals surface area contributed by atoms with Crippen molar-refractivity contribution in [2.45, 2.75) is 0 Å². The van der Waals surface area contributed by atoms with Crippen LogP contribution in [0.15, 0.2) is 16.6 Å². The highest BCUT2D eigenvalue weighted by atomic mass is 79.9. The number of rotatable bonds is 3. The highest BCUT2D eigenvalue weighted by molar-refractivity contribution is 9.10. The lowest BCUT2D eigenvalue weighted by Gasteiger charge is -2.10. The van der Waals surface area contributed by atoms with Gasteiger partial charge in [-0.2, -0.15) is 0 Å². The maximum absolute atomic E-state index is 9.06. The smallest absolute Gasteiger partial charge is 0.489 e. The summed E-state index contributed by atoms with van der Waals surface area (Å²) in [6, 6.07) is 3.17. The van der Waals surface area contributed by atoms with Crippen molar-refractivity contribution in [3.63, 3.8) is 0 Å². The van der Waals surface area contributed by atoms with Crippen molar-refractivity contribution in [1.82, 2.24) is 0 Å². The Kier molecular flexibility index (Phi) is 3.80. The lowest BCUT2D eigenvalue weighted by molar-refractivity contribution is 0.391. The molecule has 76 valence electrons. The molecule has 0 saturated heterocycles. The molecule has 0 aliphatic rings. The lowest BCUT2D eigenvalue weighted by Crippen LogP contribution is -2.31. The average Bonchev–Trinajstić information content (AvgIpc) is 2.17. The number of hydrogen-bond acceptors (Lipinski definition) is 4. The summed E-state index contributed by atoms with van der Waals surface area (Å²) in [5.41, 5.74) is 0.307. The third-order valence-electron chi connectivity index (χ3n) is 1.77. The number of methoxy groups -OCH3 is 2. The fraction of sp³-hybridized carbons (Fsp3) is 0.250. The van der Waals surface area contributed by atoms with Gasteiger partial charge < -0.3 is 19.5 Å². The minimum absolute atomic E-state index is 0.307. The molecule has 0 saturated carbocycles. The Morgan fingerprint density at radius 3 is 2.29 bits per heavy atom. The van der Waals surface area contributed by atoms with Gasteiger partial charge in [-0.15, -0.1) is 0 Å². The van der Waals surface area contributed by atoms with Crippen LogP contribution in [-0.2, 0) is 0 Å². The standard InChI is InChI=1S/C8H10BBrO4/c1-13-5-3-6(9(11)12)8(10)7(4-5)14-2/h3-4,11-12H,1-2H3. The topological polar surface area (TPSA) is 58.9 Å². The molecule has 0 radical (unpaired) electrons. The lowest BCUT2D eigenvalue weighted by atomic mass is 9.80. The van der Waals surface area contributed by atoms with Crippen molar-refractivity contribution in [3.8, 4) is 11.5 Å². The molecule has 1 rings (SSSR count). The van der Waals surface area contributed by atoms with E-state index in [1.165, 1.54) is 20.3 Å². The SMILES string of the molecule is COc1cc(OC)c(Br)c(B(O)O)c1. The van der Waals surface area contributed by atoms with Crippen LogP contribution in [0.1, 0.15) is 0 Å². The molecular formula is C8H10BBrO4. The highest BCUT2D eigenvalue weighted by Gasteiger charge is 2.19. The zero-order chi connectivity index (χ0) is 10.7. The van der Waals surface area contributed by atoms with E-state index in [0.717, 1.165) is 0 Å². The number of halogens is 1. The summed E-state index contributed by atoms with van der Waals surface area (Å²) >= 11 is 3.20. The molecule has 0 fully saturated rings. The molecule has 0 spiro atoms. The summed E-state index contributed by atoms with van der Waals surface area (Å²) in [5.74, 6) is 1.00. The fourth-order valence-electron chi connectivity index (χ4n) is 1.05. The summed E-state index contributed by atoms with van der Waals surface area (Å²) in [6.07, 6.45) is 0. The van der Waals surface area contributed by atoms with Gasteiger partial charge in [-0.25, -0.2) is 0 Å². The average molecular weight is 261 g/mol. The maximum atomic E-state index is 9.06. The quantitative estimate of drug-likeness (QED) is 0.760. The Labute approximate surface area is 90.7 Å². The molecule has 0 heterocycles. The Morgan fingerprint density at radius 1 is 1.21 bits per heavy atom. The van der Waals surface area contributed by atoms with Crippen molar-refractivity contribution in [1.29, 1.82) is 0 Å². The first-order valence-electron chi connectivity index (χ1n) is 3.87. The first-order chi connectivity index (χ1) is 6.60. The van der Waals surface area contributed by atoms with E-state index in [-0.39, 0.29) is 0 Å². The molecular weight excluding hydrogens is 251 g/mol. The van der Waals surface area contributed by atoms with Crippen LogP contribution in [0.5, 0.6) is 11.5 Å². The van der Waals surface area contributed by atoms with Gasteiger partial charge in [0.25, 0.3) is 0 Å². The minimum Gasteiger partial charge on any atom is -0.497 e. The van der Waals surface area contributed by atoms with Crippen LogP contribution < -0.4 is 14.9 Å². The summed E-state index contributed by atoms with van der Waals surface area (Å²) in [7, 11) is 1.43. The Morgan fingerprint density at radius 2 is 1.86 bits per heavy atom. The molecule has 2 N–H and O–H groups in total. The third-order valence-corrected chi connectivity index (χ3v) is 2.62. The van der Waals surface area contributed by atoms with Crippen molar-refractivity contribution >= 4 is 28.5 Å². The van der Waals surface area contributed by atoms with Crippen molar-refractivity contribution in [2.75, 3.05) is 14.2 Å². The number of benzene rings is 1. The van der Waals surface area contributed by atoms with E-state index < -0.39 is 7.12 Å². The van der Waals surface area contributed by atoms with Crippen molar-refractivity contribution < 1.29 is 19.5 Å². The molecule has 0 atom stereocenters. The van der Waals surface area contributed by atoms with Crippen LogP contribution in [-0.4, -0.2) is 31.4 Å². The van der Waals surface area contributed by atoms with Gasteiger partial charge in [0.2, 0.25) is 0 Å². The zero-order valence-electron chi connectivity index (χ0n) is 7.82. The molecule has 0 aliphatic carbocycles. The van der Waals surface area contributed by atoms with Gasteiger partial charge in [0, 0.05) is 11.5 Å². The Balaban J connectivity index is 3.27. The zero-order valence-corrected chi connectivity index (χ0v) is 9.41. The monoisotopic (exact) mass is 260 g/mol. The van der Waals surface area contributed by atoms with Gasteiger partial charge in [-0.05, 0) is 22.0 Å². The van der Waals surface area contributed by atoms with E-state index in [9.17, 15) is 0 Å². The molecule has 6 heteroatoms. The van der Waals surface area contributed by atoms with E-state index in [1.807, 2.05) is 0 Å². The van der Waals surface area contributed by atoms with Gasteiger partial charge in [-0.3, -0.25) is 0 Å². The predicted octanol–water partition coefficient (Wildman–Crippen LogP) is 0.146. The molecule has 4 nitrogen and oxygen atoms in total. The Hall–Kier alpha value is -0.715. The maximum Gasteiger partial charge on any atom is 0.489 e. The van der Waals surface area contributed by atoms with Crippen LogP contribution in [0.4, 0.5) is 0 Å². The molecule has 0 aromatic heterocycles. The van der Waals surface area contributed by atoms with Crippen LogP contribution in [0.25, 0.3) is 0 Å². The van der Waals surface area contributed by atoms with Crippen LogP contribution in [0.3, 0.4) is 0 Å². The minimum atomic E-state index is -1.56. The van der Waals surface area contributed by atoms with Gasteiger partial charge in [0.1, 0.15) is 11.5 Å². The summed E-state index contributed by atoms with van der Waals surface area (Å²) < 4.78 is 10.5. The largest absolute Gasteiger partial charge is 0.497 e. The van der Waals surface area contributed by atoms with Gasteiger partial charge >= 0.3 is 7.12 Å². The molecule has 1 aromatic carbocycles. The normalized spacial score (nSPS) is 9.79. The van der Waals surface area contributed by atoms with Crippen LogP contribution >= 0.6 is 15.9 Å². The molecule has 0 bridgehead atoms. The number of hydrogen-bond donors (Lipinski definition) is 2.